The Labute approximate surface area is 133 Å². The van der Waals surface area contributed by atoms with Gasteiger partial charge in [0.25, 0.3) is 0 Å². The van der Waals surface area contributed by atoms with E-state index in [-0.39, 0.29) is 0 Å². The molecule has 3 nitrogen and oxygen atoms in total. The molecule has 21 heavy (non-hydrogen) atoms. The summed E-state index contributed by atoms with van der Waals surface area (Å²) in [7, 11) is 0. The Kier molecular flexibility index (Phi) is 5.18. The Morgan fingerprint density at radius 3 is 2.52 bits per heavy atom. The number of aromatic amines is 1. The van der Waals surface area contributed by atoms with Gasteiger partial charge in [-0.05, 0) is 42.9 Å². The van der Waals surface area contributed by atoms with Crippen molar-refractivity contribution in [3.8, 4) is 0 Å². The van der Waals surface area contributed by atoms with Gasteiger partial charge in [0.1, 0.15) is 0 Å². The van der Waals surface area contributed by atoms with Crippen LogP contribution in [0.25, 0.3) is 11.0 Å². The smallest absolute Gasteiger partial charge is 0.166 e. The second kappa shape index (κ2) is 7.52. The highest BCUT2D eigenvalue weighted by atomic mass is 32.2. The van der Waals surface area contributed by atoms with Crippen LogP contribution < -0.4 is 0 Å². The third-order valence-corrected chi connectivity index (χ3v) is 5.02. The molecule has 0 bridgehead atoms. The molecule has 0 aliphatic rings. The van der Waals surface area contributed by atoms with Gasteiger partial charge in [-0.1, -0.05) is 30.0 Å². The minimum Gasteiger partial charge on any atom is -0.333 e. The van der Waals surface area contributed by atoms with E-state index >= 15 is 0 Å². The number of rotatable bonds is 7. The molecule has 108 valence electrons. The second-order valence-electron chi connectivity index (χ2n) is 4.63. The highest BCUT2D eigenvalue weighted by Gasteiger charge is 2.02. The zero-order valence-corrected chi connectivity index (χ0v) is 13.3. The van der Waals surface area contributed by atoms with Gasteiger partial charge in [0.05, 0.1) is 16.1 Å². The van der Waals surface area contributed by atoms with Crippen molar-refractivity contribution in [3.05, 3.63) is 48.7 Å². The van der Waals surface area contributed by atoms with Crippen molar-refractivity contribution in [3.63, 3.8) is 0 Å². The van der Waals surface area contributed by atoms with Crippen molar-refractivity contribution in [1.82, 2.24) is 15.0 Å². The summed E-state index contributed by atoms with van der Waals surface area (Å²) in [4.78, 5) is 12.2. The summed E-state index contributed by atoms with van der Waals surface area (Å²) >= 11 is 3.63. The van der Waals surface area contributed by atoms with Crippen molar-refractivity contribution in [1.29, 1.82) is 0 Å². The number of para-hydroxylation sites is 2. The number of imidazole rings is 1. The van der Waals surface area contributed by atoms with Gasteiger partial charge in [0.15, 0.2) is 5.16 Å². The number of nitrogens with one attached hydrogen (secondary N) is 1. The summed E-state index contributed by atoms with van der Waals surface area (Å²) < 4.78 is 0. The Morgan fingerprint density at radius 2 is 1.71 bits per heavy atom. The van der Waals surface area contributed by atoms with E-state index in [2.05, 4.69) is 27.1 Å². The maximum absolute atomic E-state index is 4.57. The fourth-order valence-electron chi connectivity index (χ4n) is 1.98. The Morgan fingerprint density at radius 1 is 0.905 bits per heavy atom. The number of unbranched alkanes of at least 4 members (excludes halogenated alkanes) is 1. The second-order valence-corrected chi connectivity index (χ2v) is 6.83. The van der Waals surface area contributed by atoms with E-state index in [0.717, 1.165) is 32.7 Å². The van der Waals surface area contributed by atoms with Gasteiger partial charge in [-0.25, -0.2) is 9.97 Å². The summed E-state index contributed by atoms with van der Waals surface area (Å²) in [5.41, 5.74) is 2.16. The third-order valence-electron chi connectivity index (χ3n) is 3.03. The standard InChI is InChI=1S/C16H17N3S2/c1-2-8-14-13(7-1)18-16(19-14)21-12-6-5-11-20-15-9-3-4-10-17-15/h1-4,7-10H,5-6,11-12H2,(H,18,19). The third kappa shape index (κ3) is 4.25. The van der Waals surface area contributed by atoms with Crippen LogP contribution in [-0.2, 0) is 0 Å². The lowest BCUT2D eigenvalue weighted by molar-refractivity contribution is 0.901. The van der Waals surface area contributed by atoms with Crippen molar-refractivity contribution in [2.75, 3.05) is 11.5 Å². The van der Waals surface area contributed by atoms with Gasteiger partial charge in [0, 0.05) is 11.9 Å². The van der Waals surface area contributed by atoms with Crippen LogP contribution in [0.2, 0.25) is 0 Å². The number of nitrogens with zero attached hydrogens (tertiary/aromatic N) is 2. The quantitative estimate of drug-likeness (QED) is 0.510. The van der Waals surface area contributed by atoms with Gasteiger partial charge < -0.3 is 4.98 Å². The van der Waals surface area contributed by atoms with Crippen molar-refractivity contribution in [2.24, 2.45) is 0 Å². The van der Waals surface area contributed by atoms with E-state index in [1.807, 2.05) is 48.3 Å². The molecule has 0 radical (unpaired) electrons. The number of fused-ring (bicyclic) bond motifs is 1. The van der Waals surface area contributed by atoms with Crippen LogP contribution in [0.3, 0.4) is 0 Å². The maximum atomic E-state index is 4.57. The molecule has 1 N–H and O–H groups in total. The number of pyridine rings is 1. The molecule has 2 aromatic heterocycles. The van der Waals surface area contributed by atoms with Crippen molar-refractivity contribution < 1.29 is 0 Å². The average molecular weight is 315 g/mol. The van der Waals surface area contributed by atoms with Crippen molar-refractivity contribution in [2.45, 2.75) is 23.0 Å². The normalized spacial score (nSPS) is 11.0. The molecular formula is C16H17N3S2. The summed E-state index contributed by atoms with van der Waals surface area (Å²) in [5, 5.41) is 2.14. The summed E-state index contributed by atoms with van der Waals surface area (Å²) in [5.74, 6) is 2.22. The fraction of sp³-hybridized carbons (Fsp3) is 0.250. The first-order valence-corrected chi connectivity index (χ1v) is 9.00. The zero-order valence-electron chi connectivity index (χ0n) is 11.7. The Bertz CT molecular complexity index is 649. The van der Waals surface area contributed by atoms with Crippen LogP contribution >= 0.6 is 23.5 Å². The van der Waals surface area contributed by atoms with Crippen LogP contribution in [0, 0.1) is 0 Å². The Balaban J connectivity index is 1.36. The molecule has 3 rings (SSSR count). The van der Waals surface area contributed by atoms with Crippen LogP contribution in [0.4, 0.5) is 0 Å². The molecule has 0 aliphatic heterocycles. The topological polar surface area (TPSA) is 41.6 Å². The molecule has 5 heteroatoms. The highest BCUT2D eigenvalue weighted by Crippen LogP contribution is 2.21. The molecule has 0 spiro atoms. The van der Waals surface area contributed by atoms with Crippen LogP contribution in [0.1, 0.15) is 12.8 Å². The number of hydrogen-bond donors (Lipinski definition) is 1. The molecule has 0 saturated carbocycles. The number of thioether (sulfide) groups is 2. The fourth-order valence-corrected chi connectivity index (χ4v) is 3.73. The monoisotopic (exact) mass is 315 g/mol. The van der Waals surface area contributed by atoms with Gasteiger partial charge >= 0.3 is 0 Å². The molecule has 1 aromatic carbocycles. The lowest BCUT2D eigenvalue weighted by Crippen LogP contribution is -1.86. The van der Waals surface area contributed by atoms with E-state index < -0.39 is 0 Å². The minimum atomic E-state index is 1.02. The summed E-state index contributed by atoms with van der Waals surface area (Å²) in [6, 6.07) is 14.2. The van der Waals surface area contributed by atoms with Gasteiger partial charge in [-0.2, -0.15) is 0 Å². The van der Waals surface area contributed by atoms with Gasteiger partial charge in [-0.3, -0.25) is 0 Å². The van der Waals surface area contributed by atoms with Gasteiger partial charge in [-0.15, -0.1) is 11.8 Å². The number of aromatic nitrogens is 3. The molecule has 0 amide bonds. The van der Waals surface area contributed by atoms with Crippen LogP contribution in [-0.4, -0.2) is 26.5 Å². The molecule has 0 unspecified atom stereocenters. The predicted molar refractivity (Wildman–Crippen MR) is 91.0 cm³/mol. The minimum absolute atomic E-state index is 1.02. The number of H-pyrrole nitrogens is 1. The first-order chi connectivity index (χ1) is 10.4. The van der Waals surface area contributed by atoms with E-state index in [1.165, 1.54) is 12.8 Å². The molecule has 0 atom stereocenters. The highest BCUT2D eigenvalue weighted by molar-refractivity contribution is 7.99. The number of hydrogen-bond acceptors (Lipinski definition) is 4. The first-order valence-electron chi connectivity index (χ1n) is 7.03. The van der Waals surface area contributed by atoms with Crippen LogP contribution in [0.5, 0.6) is 0 Å². The van der Waals surface area contributed by atoms with E-state index in [4.69, 9.17) is 0 Å². The molecule has 0 saturated heterocycles. The predicted octanol–water partition coefficient (Wildman–Crippen LogP) is 4.62. The molecule has 3 aromatic rings. The molecule has 0 aliphatic carbocycles. The SMILES string of the molecule is c1ccc(SCCCCSc2nc3ccccc3[nH]2)nc1. The van der Waals surface area contributed by atoms with E-state index in [9.17, 15) is 0 Å². The lowest BCUT2D eigenvalue weighted by Gasteiger charge is -2.00. The molecular weight excluding hydrogens is 298 g/mol. The largest absolute Gasteiger partial charge is 0.333 e. The van der Waals surface area contributed by atoms with E-state index in [1.54, 1.807) is 11.8 Å². The zero-order chi connectivity index (χ0) is 14.3. The maximum Gasteiger partial charge on any atom is 0.166 e. The van der Waals surface area contributed by atoms with E-state index in [0.29, 0.717) is 0 Å². The first kappa shape index (κ1) is 14.5. The average Bonchev–Trinajstić information content (AvgIpc) is 2.94. The molecule has 2 heterocycles. The summed E-state index contributed by atoms with van der Waals surface area (Å²) in [6.45, 7) is 0. The summed E-state index contributed by atoms with van der Waals surface area (Å²) in [6.07, 6.45) is 4.25. The Hall–Kier alpha value is -1.46. The lowest BCUT2D eigenvalue weighted by atomic mass is 10.3. The van der Waals surface area contributed by atoms with Crippen LogP contribution in [0.15, 0.2) is 58.8 Å². The van der Waals surface area contributed by atoms with Crippen molar-refractivity contribution >= 4 is 34.6 Å². The molecule has 0 fully saturated rings. The number of benzene rings is 1. The van der Waals surface area contributed by atoms with Gasteiger partial charge in [0.2, 0.25) is 0 Å².